The van der Waals surface area contributed by atoms with Crippen LogP contribution in [-0.4, -0.2) is 24.3 Å². The third-order valence-electron chi connectivity index (χ3n) is 4.15. The summed E-state index contributed by atoms with van der Waals surface area (Å²) in [5.74, 6) is -0.704. The molecule has 1 aromatic heterocycles. The molecule has 0 aliphatic heterocycles. The Morgan fingerprint density at radius 1 is 1.30 bits per heavy atom. The van der Waals surface area contributed by atoms with Gasteiger partial charge in [-0.05, 0) is 43.7 Å². The molecule has 0 bridgehead atoms. The van der Waals surface area contributed by atoms with Crippen LogP contribution in [0.15, 0.2) is 29.8 Å². The minimum absolute atomic E-state index is 0.0410. The van der Waals surface area contributed by atoms with Crippen molar-refractivity contribution in [2.75, 3.05) is 13.7 Å². The molecule has 0 fully saturated rings. The number of carbonyl (C=O) groups excluding carboxylic acids is 1. The van der Waals surface area contributed by atoms with Crippen molar-refractivity contribution in [3.05, 3.63) is 62.4 Å². The quantitative estimate of drug-likeness (QED) is 0.379. The molecular weight excluding hydrogens is 387 g/mol. The highest BCUT2D eigenvalue weighted by Crippen LogP contribution is 2.22. The fourth-order valence-electron chi connectivity index (χ4n) is 2.65. The zero-order chi connectivity index (χ0) is 20.0. The number of esters is 1. The predicted molar refractivity (Wildman–Crippen MR) is 106 cm³/mol. The Morgan fingerprint density at radius 3 is 2.67 bits per heavy atom. The second kappa shape index (κ2) is 9.61. The summed E-state index contributed by atoms with van der Waals surface area (Å²) in [7, 11) is 1.64. The maximum absolute atomic E-state index is 12.3. The van der Waals surface area contributed by atoms with Crippen LogP contribution in [0.25, 0.3) is 6.08 Å². The van der Waals surface area contributed by atoms with Crippen molar-refractivity contribution in [1.29, 1.82) is 5.26 Å². The third-order valence-corrected chi connectivity index (χ3v) is 4.73. The van der Waals surface area contributed by atoms with Crippen molar-refractivity contribution in [2.24, 2.45) is 0 Å². The Hall–Kier alpha value is -2.26. The number of rotatable bonds is 7. The molecule has 0 N–H and O–H groups in total. The molecule has 0 saturated carbocycles. The van der Waals surface area contributed by atoms with Crippen LogP contribution in [0, 0.1) is 25.2 Å². The third kappa shape index (κ3) is 5.36. The topological polar surface area (TPSA) is 64.2 Å². The van der Waals surface area contributed by atoms with Gasteiger partial charge >= 0.3 is 5.97 Å². The minimum Gasteiger partial charge on any atom is -0.457 e. The summed E-state index contributed by atoms with van der Waals surface area (Å²) >= 11 is 11.9. The van der Waals surface area contributed by atoms with Crippen LogP contribution in [0.2, 0.25) is 10.0 Å². The van der Waals surface area contributed by atoms with Gasteiger partial charge in [0.2, 0.25) is 0 Å². The van der Waals surface area contributed by atoms with Gasteiger partial charge in [0.25, 0.3) is 0 Å². The number of carbonyl (C=O) groups is 1. The predicted octanol–water partition coefficient (Wildman–Crippen LogP) is 4.71. The van der Waals surface area contributed by atoms with E-state index in [9.17, 15) is 10.1 Å². The van der Waals surface area contributed by atoms with E-state index in [1.54, 1.807) is 25.3 Å². The molecule has 1 aromatic carbocycles. The molecule has 7 heteroatoms. The number of aryl methyl sites for hydroxylation is 1. The van der Waals surface area contributed by atoms with E-state index in [1.165, 1.54) is 6.08 Å². The van der Waals surface area contributed by atoms with Gasteiger partial charge < -0.3 is 14.0 Å². The van der Waals surface area contributed by atoms with E-state index < -0.39 is 5.97 Å². The van der Waals surface area contributed by atoms with E-state index in [2.05, 4.69) is 4.57 Å². The van der Waals surface area contributed by atoms with Gasteiger partial charge in [-0.15, -0.1) is 0 Å². The van der Waals surface area contributed by atoms with Crippen LogP contribution in [-0.2, 0) is 27.4 Å². The largest absolute Gasteiger partial charge is 0.457 e. The molecule has 27 heavy (non-hydrogen) atoms. The Kier molecular flexibility index (Phi) is 7.49. The molecule has 2 aromatic rings. The highest BCUT2D eigenvalue weighted by Gasteiger charge is 2.15. The van der Waals surface area contributed by atoms with Crippen LogP contribution in [0.3, 0.4) is 0 Å². The Balaban J connectivity index is 2.16. The van der Waals surface area contributed by atoms with Gasteiger partial charge in [-0.3, -0.25) is 0 Å². The van der Waals surface area contributed by atoms with Gasteiger partial charge in [0.1, 0.15) is 18.2 Å². The monoisotopic (exact) mass is 406 g/mol. The van der Waals surface area contributed by atoms with E-state index in [0.29, 0.717) is 28.8 Å². The molecule has 0 aliphatic rings. The van der Waals surface area contributed by atoms with Crippen LogP contribution in [0.5, 0.6) is 0 Å². The molecule has 2 rings (SSSR count). The molecule has 0 atom stereocenters. The van der Waals surface area contributed by atoms with Crippen molar-refractivity contribution in [3.8, 4) is 6.07 Å². The van der Waals surface area contributed by atoms with Gasteiger partial charge in [0, 0.05) is 40.7 Å². The summed E-state index contributed by atoms with van der Waals surface area (Å²) in [6.07, 6.45) is 1.54. The fraction of sp³-hybridized carbons (Fsp3) is 0.300. The molecule has 0 saturated heterocycles. The van der Waals surface area contributed by atoms with E-state index in [-0.39, 0.29) is 12.2 Å². The number of ether oxygens (including phenoxy) is 2. The lowest BCUT2D eigenvalue weighted by atomic mass is 10.1. The molecule has 0 radical (unpaired) electrons. The number of halogens is 2. The number of hydrogen-bond acceptors (Lipinski definition) is 4. The van der Waals surface area contributed by atoms with Crippen molar-refractivity contribution in [2.45, 2.75) is 27.0 Å². The summed E-state index contributed by atoms with van der Waals surface area (Å²) in [6, 6.07) is 8.74. The minimum atomic E-state index is -0.704. The van der Waals surface area contributed by atoms with Crippen LogP contribution >= 0.6 is 23.2 Å². The highest BCUT2D eigenvalue weighted by molar-refractivity contribution is 6.35. The SMILES string of the molecule is COCCn1c(C)cc(/C=C(\C#N)C(=O)OCc2ccc(Cl)cc2Cl)c1C. The molecule has 0 spiro atoms. The second-order valence-electron chi connectivity index (χ2n) is 5.95. The molecule has 0 unspecified atom stereocenters. The fourth-order valence-corrected chi connectivity index (χ4v) is 3.12. The zero-order valence-electron chi connectivity index (χ0n) is 15.4. The highest BCUT2D eigenvalue weighted by atomic mass is 35.5. The van der Waals surface area contributed by atoms with Crippen LogP contribution < -0.4 is 0 Å². The lowest BCUT2D eigenvalue weighted by molar-refractivity contribution is -0.139. The van der Waals surface area contributed by atoms with E-state index in [1.807, 2.05) is 26.0 Å². The first-order valence-electron chi connectivity index (χ1n) is 8.26. The maximum Gasteiger partial charge on any atom is 0.349 e. The molecule has 0 amide bonds. The molecule has 0 aliphatic carbocycles. The molecular formula is C20H20Cl2N2O3. The van der Waals surface area contributed by atoms with E-state index in [0.717, 1.165) is 17.0 Å². The zero-order valence-corrected chi connectivity index (χ0v) is 16.9. The first-order valence-corrected chi connectivity index (χ1v) is 9.01. The van der Waals surface area contributed by atoms with Gasteiger partial charge in [0.15, 0.2) is 0 Å². The lowest BCUT2D eigenvalue weighted by Crippen LogP contribution is -2.08. The molecule has 5 nitrogen and oxygen atoms in total. The number of methoxy groups -OCH3 is 1. The Bertz CT molecular complexity index is 911. The normalized spacial score (nSPS) is 11.3. The van der Waals surface area contributed by atoms with E-state index in [4.69, 9.17) is 32.7 Å². The maximum atomic E-state index is 12.3. The number of benzene rings is 1. The van der Waals surface area contributed by atoms with Crippen LogP contribution in [0.4, 0.5) is 0 Å². The van der Waals surface area contributed by atoms with Gasteiger partial charge in [-0.1, -0.05) is 29.3 Å². The van der Waals surface area contributed by atoms with Crippen molar-refractivity contribution >= 4 is 35.2 Å². The number of nitriles is 1. The summed E-state index contributed by atoms with van der Waals surface area (Å²) in [6.45, 7) is 5.13. The smallest absolute Gasteiger partial charge is 0.349 e. The standard InChI is InChI=1S/C20H20Cl2N2O3/c1-13-8-16(14(2)24(13)6-7-26-3)9-17(11-23)20(25)27-12-15-4-5-18(21)10-19(15)22/h4-5,8-10H,6-7,12H2,1-3H3/b17-9+. The first-order chi connectivity index (χ1) is 12.9. The summed E-state index contributed by atoms with van der Waals surface area (Å²) in [5.41, 5.74) is 3.30. The average molecular weight is 407 g/mol. The number of nitrogens with zero attached hydrogens (tertiary/aromatic N) is 2. The second-order valence-corrected chi connectivity index (χ2v) is 6.80. The summed E-state index contributed by atoms with van der Waals surface area (Å²) in [5, 5.41) is 10.3. The van der Waals surface area contributed by atoms with E-state index >= 15 is 0 Å². The van der Waals surface area contributed by atoms with Crippen LogP contribution in [0.1, 0.15) is 22.5 Å². The average Bonchev–Trinajstić information content (AvgIpc) is 2.90. The van der Waals surface area contributed by atoms with Gasteiger partial charge in [0.05, 0.1) is 6.61 Å². The van der Waals surface area contributed by atoms with Gasteiger partial charge in [-0.2, -0.15) is 5.26 Å². The lowest BCUT2D eigenvalue weighted by Gasteiger charge is -2.08. The summed E-state index contributed by atoms with van der Waals surface area (Å²) in [4.78, 5) is 12.3. The van der Waals surface area contributed by atoms with Crippen molar-refractivity contribution < 1.29 is 14.3 Å². The molecule has 142 valence electrons. The number of hydrogen-bond donors (Lipinski definition) is 0. The molecule has 1 heterocycles. The van der Waals surface area contributed by atoms with Crippen molar-refractivity contribution in [3.63, 3.8) is 0 Å². The van der Waals surface area contributed by atoms with Crippen molar-refractivity contribution in [1.82, 2.24) is 4.57 Å². The van der Waals surface area contributed by atoms with Gasteiger partial charge in [-0.25, -0.2) is 4.79 Å². The Labute approximate surface area is 168 Å². The number of aromatic nitrogens is 1. The summed E-state index contributed by atoms with van der Waals surface area (Å²) < 4.78 is 12.4. The first kappa shape index (κ1) is 21.0. The Morgan fingerprint density at radius 2 is 2.04 bits per heavy atom.